The molecule has 0 bridgehead atoms. The van der Waals surface area contributed by atoms with E-state index in [2.05, 4.69) is 45.4 Å². The summed E-state index contributed by atoms with van der Waals surface area (Å²) in [5.41, 5.74) is 1.36. The molecule has 7 heteroatoms. The number of carbonyl (C=O) groups is 2. The average Bonchev–Trinajstić information content (AvgIpc) is 3.27. The molecule has 3 rings (SSSR count). The molecule has 1 aliphatic heterocycles. The van der Waals surface area contributed by atoms with Gasteiger partial charge in [0.15, 0.2) is 5.76 Å². The maximum atomic E-state index is 12.1. The fourth-order valence-corrected chi connectivity index (χ4v) is 3.47. The summed E-state index contributed by atoms with van der Waals surface area (Å²) >= 11 is 0. The quantitative estimate of drug-likeness (QED) is 0.651. The van der Waals surface area contributed by atoms with Crippen LogP contribution in [0.4, 0.5) is 0 Å². The predicted molar refractivity (Wildman–Crippen MR) is 111 cm³/mol. The van der Waals surface area contributed by atoms with Gasteiger partial charge in [-0.15, -0.1) is 0 Å². The number of furan rings is 1. The third-order valence-electron chi connectivity index (χ3n) is 5.15. The lowest BCUT2D eigenvalue weighted by molar-refractivity contribution is -0.121. The van der Waals surface area contributed by atoms with Crippen molar-refractivity contribution in [3.8, 4) is 0 Å². The number of likely N-dealkylation sites (N-methyl/N-ethyl adjacent to an activating group) is 1. The van der Waals surface area contributed by atoms with Crippen LogP contribution in [0, 0.1) is 0 Å². The number of hydrogen-bond acceptors (Lipinski definition) is 5. The number of carbonyl (C=O) groups excluding carboxylic acids is 2. The lowest BCUT2D eigenvalue weighted by Gasteiger charge is -2.34. The molecule has 156 valence electrons. The minimum Gasteiger partial charge on any atom is -0.459 e. The average molecular weight is 399 g/mol. The SMILES string of the molecule is CN(CC(=O)NCCCN1CCN(Cc2ccccc2)CC1)C(=O)c1ccco1. The molecule has 0 unspecified atom stereocenters. The highest BCUT2D eigenvalue weighted by Crippen LogP contribution is 2.08. The van der Waals surface area contributed by atoms with Crippen LogP contribution >= 0.6 is 0 Å². The number of hydrogen-bond donors (Lipinski definition) is 1. The van der Waals surface area contributed by atoms with Gasteiger partial charge in [-0.25, -0.2) is 0 Å². The minimum atomic E-state index is -0.293. The largest absolute Gasteiger partial charge is 0.459 e. The van der Waals surface area contributed by atoms with E-state index < -0.39 is 0 Å². The third-order valence-corrected chi connectivity index (χ3v) is 5.15. The predicted octanol–water partition coefficient (Wildman–Crippen LogP) is 1.68. The van der Waals surface area contributed by atoms with E-state index in [-0.39, 0.29) is 24.1 Å². The lowest BCUT2D eigenvalue weighted by atomic mass is 10.2. The lowest BCUT2D eigenvalue weighted by Crippen LogP contribution is -2.46. The van der Waals surface area contributed by atoms with Crippen molar-refractivity contribution >= 4 is 11.8 Å². The molecule has 2 aromatic rings. The zero-order valence-electron chi connectivity index (χ0n) is 17.0. The van der Waals surface area contributed by atoms with E-state index in [1.165, 1.54) is 16.7 Å². The summed E-state index contributed by atoms with van der Waals surface area (Å²) in [6.45, 7) is 6.88. The van der Waals surface area contributed by atoms with Crippen molar-refractivity contribution in [2.45, 2.75) is 13.0 Å². The maximum absolute atomic E-state index is 12.1. The Labute approximate surface area is 172 Å². The molecule has 29 heavy (non-hydrogen) atoms. The Morgan fingerprint density at radius 3 is 2.45 bits per heavy atom. The van der Waals surface area contributed by atoms with Gasteiger partial charge in [0.25, 0.3) is 5.91 Å². The molecule has 0 radical (unpaired) electrons. The molecule has 1 aromatic heterocycles. The van der Waals surface area contributed by atoms with Crippen LogP contribution in [0.1, 0.15) is 22.5 Å². The second-order valence-electron chi connectivity index (χ2n) is 7.45. The zero-order chi connectivity index (χ0) is 20.5. The summed E-state index contributed by atoms with van der Waals surface area (Å²) in [6, 6.07) is 13.8. The van der Waals surface area contributed by atoms with Gasteiger partial charge in [0.05, 0.1) is 12.8 Å². The first-order valence-electron chi connectivity index (χ1n) is 10.2. The van der Waals surface area contributed by atoms with Crippen molar-refractivity contribution in [2.75, 3.05) is 52.9 Å². The summed E-state index contributed by atoms with van der Waals surface area (Å²) in [5.74, 6) is -0.203. The molecule has 1 fully saturated rings. The Kier molecular flexibility index (Phi) is 7.84. The van der Waals surface area contributed by atoms with Crippen molar-refractivity contribution in [2.24, 2.45) is 0 Å². The van der Waals surface area contributed by atoms with E-state index in [0.29, 0.717) is 6.54 Å². The standard InChI is InChI=1S/C22H30N4O3/c1-24(22(28)20-9-5-16-29-20)18-21(27)23-10-6-11-25-12-14-26(15-13-25)17-19-7-3-2-4-8-19/h2-5,7-9,16H,6,10-15,17-18H2,1H3,(H,23,27). The van der Waals surface area contributed by atoms with Crippen LogP contribution in [0.15, 0.2) is 53.1 Å². The molecular weight excluding hydrogens is 368 g/mol. The van der Waals surface area contributed by atoms with Crippen molar-refractivity contribution in [1.82, 2.24) is 20.0 Å². The van der Waals surface area contributed by atoms with Crippen LogP contribution < -0.4 is 5.32 Å². The second kappa shape index (κ2) is 10.8. The molecule has 0 aliphatic carbocycles. The Balaban J connectivity index is 1.26. The highest BCUT2D eigenvalue weighted by atomic mass is 16.3. The molecule has 0 spiro atoms. The monoisotopic (exact) mass is 398 g/mol. The Hall–Kier alpha value is -2.64. The number of nitrogens with zero attached hydrogens (tertiary/aromatic N) is 3. The van der Waals surface area contributed by atoms with Gasteiger partial charge in [-0.05, 0) is 30.7 Å². The topological polar surface area (TPSA) is 69.0 Å². The highest BCUT2D eigenvalue weighted by molar-refractivity contribution is 5.94. The molecule has 2 heterocycles. The van der Waals surface area contributed by atoms with E-state index in [0.717, 1.165) is 45.7 Å². The van der Waals surface area contributed by atoms with E-state index in [1.54, 1.807) is 19.2 Å². The Bertz CT molecular complexity index is 756. The van der Waals surface area contributed by atoms with Crippen LogP contribution in [0.3, 0.4) is 0 Å². The van der Waals surface area contributed by atoms with Crippen LogP contribution in [0.5, 0.6) is 0 Å². The first-order valence-corrected chi connectivity index (χ1v) is 10.2. The smallest absolute Gasteiger partial charge is 0.289 e. The van der Waals surface area contributed by atoms with Crippen LogP contribution in [-0.2, 0) is 11.3 Å². The fourth-order valence-electron chi connectivity index (χ4n) is 3.47. The molecule has 1 N–H and O–H groups in total. The Morgan fingerprint density at radius 2 is 1.76 bits per heavy atom. The molecule has 0 saturated carbocycles. The van der Waals surface area contributed by atoms with Gasteiger partial charge in [0.1, 0.15) is 0 Å². The molecule has 1 saturated heterocycles. The number of nitrogens with one attached hydrogen (secondary N) is 1. The first-order chi connectivity index (χ1) is 14.1. The van der Waals surface area contributed by atoms with Crippen LogP contribution in [-0.4, -0.2) is 79.4 Å². The molecule has 7 nitrogen and oxygen atoms in total. The van der Waals surface area contributed by atoms with Crippen molar-refractivity contribution in [3.63, 3.8) is 0 Å². The van der Waals surface area contributed by atoms with Gasteiger partial charge in [0, 0.05) is 46.3 Å². The minimum absolute atomic E-state index is 0.0255. The summed E-state index contributed by atoms with van der Waals surface area (Å²) in [5, 5.41) is 2.89. The van der Waals surface area contributed by atoms with Crippen molar-refractivity contribution in [1.29, 1.82) is 0 Å². The highest BCUT2D eigenvalue weighted by Gasteiger charge is 2.18. The summed E-state index contributed by atoms with van der Waals surface area (Å²) < 4.78 is 5.07. The first kappa shape index (κ1) is 21.1. The molecule has 1 aliphatic rings. The molecular formula is C22H30N4O3. The number of piperazine rings is 1. The summed E-state index contributed by atoms with van der Waals surface area (Å²) in [4.78, 5) is 30.4. The number of rotatable bonds is 9. The normalized spacial score (nSPS) is 15.2. The van der Waals surface area contributed by atoms with E-state index in [4.69, 9.17) is 4.42 Å². The maximum Gasteiger partial charge on any atom is 0.289 e. The number of benzene rings is 1. The van der Waals surface area contributed by atoms with E-state index >= 15 is 0 Å². The fraction of sp³-hybridized carbons (Fsp3) is 0.455. The van der Waals surface area contributed by atoms with Crippen molar-refractivity contribution in [3.05, 3.63) is 60.1 Å². The Morgan fingerprint density at radius 1 is 1.03 bits per heavy atom. The van der Waals surface area contributed by atoms with Gasteiger partial charge >= 0.3 is 0 Å². The van der Waals surface area contributed by atoms with Gasteiger partial charge in [-0.3, -0.25) is 14.5 Å². The molecule has 1 aromatic carbocycles. The van der Waals surface area contributed by atoms with E-state index in [1.807, 2.05) is 0 Å². The summed E-state index contributed by atoms with van der Waals surface area (Å²) in [6.07, 6.45) is 2.35. The third kappa shape index (κ3) is 6.73. The van der Waals surface area contributed by atoms with Crippen molar-refractivity contribution < 1.29 is 14.0 Å². The second-order valence-corrected chi connectivity index (χ2v) is 7.45. The van der Waals surface area contributed by atoms with Gasteiger partial charge < -0.3 is 19.5 Å². The summed E-state index contributed by atoms with van der Waals surface area (Å²) in [7, 11) is 1.60. The van der Waals surface area contributed by atoms with E-state index in [9.17, 15) is 9.59 Å². The van der Waals surface area contributed by atoms with Gasteiger partial charge in [-0.2, -0.15) is 0 Å². The zero-order valence-corrected chi connectivity index (χ0v) is 17.0. The van der Waals surface area contributed by atoms with Crippen LogP contribution in [0.25, 0.3) is 0 Å². The molecule has 0 atom stereocenters. The van der Waals surface area contributed by atoms with Gasteiger partial charge in [-0.1, -0.05) is 30.3 Å². The van der Waals surface area contributed by atoms with Gasteiger partial charge in [0.2, 0.25) is 5.91 Å². The van der Waals surface area contributed by atoms with Crippen LogP contribution in [0.2, 0.25) is 0 Å². The molecule has 2 amide bonds. The number of amides is 2.